The van der Waals surface area contributed by atoms with Crippen molar-refractivity contribution in [3.8, 4) is 5.75 Å². The molecule has 0 aliphatic heterocycles. The fourth-order valence-electron chi connectivity index (χ4n) is 2.24. The second-order valence-electron chi connectivity index (χ2n) is 4.86. The number of methoxy groups -OCH3 is 1. The summed E-state index contributed by atoms with van der Waals surface area (Å²) in [4.78, 5) is 0. The van der Waals surface area contributed by atoms with Crippen molar-refractivity contribution < 1.29 is 14.2 Å². The quantitative estimate of drug-likeness (QED) is 0.925. The van der Waals surface area contributed by atoms with E-state index in [0.29, 0.717) is 16.9 Å². The third-order valence-electron chi connectivity index (χ3n) is 3.25. The largest absolute Gasteiger partial charge is 0.496 e. The third-order valence-corrected chi connectivity index (χ3v) is 3.68. The summed E-state index contributed by atoms with van der Waals surface area (Å²) < 4.78 is 18.7. The molecule has 106 valence electrons. The topological polar surface area (TPSA) is 29.5 Å². The highest BCUT2D eigenvalue weighted by atomic mass is 35.5. The number of hydrogen-bond acceptors (Lipinski definition) is 2. The van der Waals surface area contributed by atoms with E-state index in [0.717, 1.165) is 0 Å². The molecular formula is C16H16ClFO2. The first-order valence-electron chi connectivity index (χ1n) is 6.24. The Bertz CT molecular complexity index is 611. The molecule has 1 atom stereocenters. The molecule has 0 aromatic heterocycles. The lowest BCUT2D eigenvalue weighted by molar-refractivity contribution is 0.0549. The summed E-state index contributed by atoms with van der Waals surface area (Å²) in [5, 5.41) is 10.7. The number of ether oxygens (including phenoxy) is 1. The zero-order chi connectivity index (χ0) is 14.8. The van der Waals surface area contributed by atoms with Gasteiger partial charge in [0.05, 0.1) is 17.7 Å². The minimum absolute atomic E-state index is 0.0441. The van der Waals surface area contributed by atoms with Crippen LogP contribution in [0.25, 0.3) is 0 Å². The van der Waals surface area contributed by atoms with Crippen molar-refractivity contribution in [1.82, 2.24) is 0 Å². The van der Waals surface area contributed by atoms with Gasteiger partial charge in [0.25, 0.3) is 0 Å². The summed E-state index contributed by atoms with van der Waals surface area (Å²) >= 11 is 5.94. The highest BCUT2D eigenvalue weighted by Crippen LogP contribution is 2.34. The molecule has 0 fully saturated rings. The van der Waals surface area contributed by atoms with Gasteiger partial charge in [-0.2, -0.15) is 0 Å². The van der Waals surface area contributed by atoms with Crippen molar-refractivity contribution in [3.63, 3.8) is 0 Å². The minimum atomic E-state index is -1.20. The van der Waals surface area contributed by atoms with Crippen molar-refractivity contribution in [2.45, 2.75) is 18.9 Å². The lowest BCUT2D eigenvalue weighted by Crippen LogP contribution is -2.25. The van der Waals surface area contributed by atoms with E-state index >= 15 is 0 Å². The Kier molecular flexibility index (Phi) is 4.31. The van der Waals surface area contributed by atoms with Crippen LogP contribution in [0.15, 0.2) is 42.5 Å². The van der Waals surface area contributed by atoms with Crippen LogP contribution in [0.3, 0.4) is 0 Å². The fourth-order valence-corrected chi connectivity index (χ4v) is 2.43. The summed E-state index contributed by atoms with van der Waals surface area (Å²) in [6.07, 6.45) is 0.198. The van der Waals surface area contributed by atoms with Gasteiger partial charge in [-0.15, -0.1) is 0 Å². The van der Waals surface area contributed by atoms with E-state index in [2.05, 4.69) is 0 Å². The van der Waals surface area contributed by atoms with Crippen LogP contribution in [0.4, 0.5) is 4.39 Å². The molecule has 0 saturated carbocycles. The van der Waals surface area contributed by atoms with Crippen molar-refractivity contribution in [2.75, 3.05) is 7.11 Å². The molecule has 2 rings (SSSR count). The van der Waals surface area contributed by atoms with Crippen LogP contribution in [0.1, 0.15) is 18.1 Å². The number of rotatable bonds is 4. The predicted molar refractivity (Wildman–Crippen MR) is 77.7 cm³/mol. The van der Waals surface area contributed by atoms with Gasteiger partial charge >= 0.3 is 0 Å². The molecule has 1 unspecified atom stereocenters. The van der Waals surface area contributed by atoms with Crippen LogP contribution in [0.2, 0.25) is 5.02 Å². The van der Waals surface area contributed by atoms with E-state index in [1.807, 2.05) is 12.1 Å². The summed E-state index contributed by atoms with van der Waals surface area (Å²) in [5.41, 5.74) is -0.00488. The van der Waals surface area contributed by atoms with Gasteiger partial charge in [-0.3, -0.25) is 0 Å². The van der Waals surface area contributed by atoms with Gasteiger partial charge in [0, 0.05) is 12.0 Å². The first-order chi connectivity index (χ1) is 9.45. The molecule has 0 amide bonds. The Balaban J connectivity index is 2.38. The van der Waals surface area contributed by atoms with Crippen molar-refractivity contribution in [3.05, 3.63) is 64.4 Å². The second kappa shape index (κ2) is 5.81. The molecular weight excluding hydrogens is 279 g/mol. The minimum Gasteiger partial charge on any atom is -0.496 e. The molecule has 2 aromatic rings. The van der Waals surface area contributed by atoms with Gasteiger partial charge < -0.3 is 9.84 Å². The molecule has 0 bridgehead atoms. The summed E-state index contributed by atoms with van der Waals surface area (Å²) in [6.45, 7) is 1.66. The van der Waals surface area contributed by atoms with Crippen molar-refractivity contribution in [1.29, 1.82) is 0 Å². The average molecular weight is 295 g/mol. The lowest BCUT2D eigenvalue weighted by Gasteiger charge is -2.26. The molecule has 0 heterocycles. The molecule has 4 heteroatoms. The first-order valence-corrected chi connectivity index (χ1v) is 6.62. The third kappa shape index (κ3) is 2.94. The molecule has 0 aliphatic rings. The van der Waals surface area contributed by atoms with E-state index in [1.165, 1.54) is 6.07 Å². The molecule has 1 N–H and O–H groups in total. The van der Waals surface area contributed by atoms with Crippen LogP contribution in [-0.2, 0) is 12.0 Å². The molecule has 0 saturated heterocycles. The van der Waals surface area contributed by atoms with E-state index in [4.69, 9.17) is 16.3 Å². The Morgan fingerprint density at radius 2 is 1.90 bits per heavy atom. The van der Waals surface area contributed by atoms with Gasteiger partial charge in [-0.05, 0) is 24.6 Å². The fraction of sp³-hybridized carbons (Fsp3) is 0.250. The molecule has 2 aromatic carbocycles. The molecule has 20 heavy (non-hydrogen) atoms. The number of aliphatic hydroxyl groups is 1. The SMILES string of the molecule is COc1ccccc1C(C)(O)Cc1cccc(F)c1Cl. The Hall–Kier alpha value is -1.58. The lowest BCUT2D eigenvalue weighted by atomic mass is 9.88. The average Bonchev–Trinajstić information content (AvgIpc) is 2.43. The monoisotopic (exact) mass is 294 g/mol. The number of halogens is 2. The maximum absolute atomic E-state index is 13.5. The summed E-state index contributed by atoms with van der Waals surface area (Å²) in [7, 11) is 1.55. The molecule has 0 spiro atoms. The van der Waals surface area contributed by atoms with Crippen molar-refractivity contribution in [2.24, 2.45) is 0 Å². The second-order valence-corrected chi connectivity index (χ2v) is 5.24. The standard InChI is InChI=1S/C16H16ClFO2/c1-16(19,12-7-3-4-9-14(12)20-2)10-11-6-5-8-13(18)15(11)17/h3-9,19H,10H2,1-2H3. The Morgan fingerprint density at radius 1 is 1.20 bits per heavy atom. The molecule has 0 radical (unpaired) electrons. The summed E-state index contributed by atoms with van der Waals surface area (Å²) in [6, 6.07) is 11.8. The van der Waals surface area contributed by atoms with E-state index < -0.39 is 11.4 Å². The smallest absolute Gasteiger partial charge is 0.142 e. The Morgan fingerprint density at radius 3 is 2.60 bits per heavy atom. The normalized spacial score (nSPS) is 13.8. The van der Waals surface area contributed by atoms with Gasteiger partial charge in [-0.25, -0.2) is 4.39 Å². The zero-order valence-electron chi connectivity index (χ0n) is 11.4. The van der Waals surface area contributed by atoms with Crippen LogP contribution < -0.4 is 4.74 Å². The summed E-state index contributed by atoms with van der Waals surface area (Å²) in [5.74, 6) is 0.102. The van der Waals surface area contributed by atoms with Crippen LogP contribution in [0.5, 0.6) is 5.75 Å². The maximum atomic E-state index is 13.5. The van der Waals surface area contributed by atoms with Gasteiger partial charge in [0.2, 0.25) is 0 Å². The van der Waals surface area contributed by atoms with Gasteiger partial charge in [0.15, 0.2) is 0 Å². The van der Waals surface area contributed by atoms with Crippen LogP contribution in [0, 0.1) is 5.82 Å². The zero-order valence-corrected chi connectivity index (χ0v) is 12.1. The molecule has 0 aliphatic carbocycles. The number of hydrogen-bond donors (Lipinski definition) is 1. The van der Waals surface area contributed by atoms with E-state index in [1.54, 1.807) is 38.3 Å². The van der Waals surface area contributed by atoms with Gasteiger partial charge in [-0.1, -0.05) is 41.9 Å². The van der Waals surface area contributed by atoms with Crippen LogP contribution in [-0.4, -0.2) is 12.2 Å². The predicted octanol–water partition coefficient (Wildman–Crippen LogP) is 3.94. The number of para-hydroxylation sites is 1. The number of benzene rings is 2. The van der Waals surface area contributed by atoms with Crippen molar-refractivity contribution >= 4 is 11.6 Å². The van der Waals surface area contributed by atoms with Gasteiger partial charge in [0.1, 0.15) is 11.6 Å². The Labute approximate surface area is 122 Å². The van der Waals surface area contributed by atoms with E-state index in [-0.39, 0.29) is 11.4 Å². The van der Waals surface area contributed by atoms with E-state index in [9.17, 15) is 9.50 Å². The van der Waals surface area contributed by atoms with Crippen LogP contribution >= 0.6 is 11.6 Å². The molecule has 2 nitrogen and oxygen atoms in total. The maximum Gasteiger partial charge on any atom is 0.142 e. The highest BCUT2D eigenvalue weighted by molar-refractivity contribution is 6.31. The first kappa shape index (κ1) is 14.8. The highest BCUT2D eigenvalue weighted by Gasteiger charge is 2.28.